The van der Waals surface area contributed by atoms with Crippen molar-refractivity contribution in [3.63, 3.8) is 0 Å². The predicted octanol–water partition coefficient (Wildman–Crippen LogP) is 1.59. The minimum absolute atomic E-state index is 0.169. The average Bonchev–Trinajstić information content (AvgIpc) is 3.03. The van der Waals surface area contributed by atoms with Crippen molar-refractivity contribution in [2.75, 3.05) is 27.4 Å². The molecule has 1 aromatic heterocycles. The van der Waals surface area contributed by atoms with Crippen LogP contribution in [0.3, 0.4) is 0 Å². The smallest absolute Gasteiger partial charge is 0.356 e. The maximum atomic E-state index is 12.2. The Morgan fingerprint density at radius 2 is 1.88 bits per heavy atom. The van der Waals surface area contributed by atoms with E-state index in [0.717, 1.165) is 5.56 Å². The van der Waals surface area contributed by atoms with Crippen molar-refractivity contribution in [1.82, 2.24) is 15.1 Å². The molecule has 0 saturated heterocycles. The lowest BCUT2D eigenvalue weighted by molar-refractivity contribution is 0.0513. The molecule has 0 aliphatic carbocycles. The number of carbonyl (C=O) groups is 2. The number of hydrogen-bond donors (Lipinski definition) is 1. The largest absolute Gasteiger partial charge is 0.493 e. The summed E-state index contributed by atoms with van der Waals surface area (Å²) < 4.78 is 16.7. The summed E-state index contributed by atoms with van der Waals surface area (Å²) in [5.74, 6) is 0.434. The highest BCUT2D eigenvalue weighted by Crippen LogP contribution is 2.27. The fourth-order valence-corrected chi connectivity index (χ4v) is 2.42. The molecular formula is C18H23N3O5. The molecule has 0 atom stereocenters. The summed E-state index contributed by atoms with van der Waals surface area (Å²) in [7, 11) is 4.74. The second-order valence-corrected chi connectivity index (χ2v) is 5.45. The van der Waals surface area contributed by atoms with E-state index in [-0.39, 0.29) is 23.9 Å². The van der Waals surface area contributed by atoms with Crippen molar-refractivity contribution >= 4 is 11.9 Å². The van der Waals surface area contributed by atoms with Gasteiger partial charge in [-0.15, -0.1) is 0 Å². The van der Waals surface area contributed by atoms with Crippen LogP contribution in [0.15, 0.2) is 24.3 Å². The molecule has 1 N–H and O–H groups in total. The number of ether oxygens (including phenoxy) is 3. The first-order valence-corrected chi connectivity index (χ1v) is 8.20. The molecule has 0 saturated carbocycles. The number of amides is 1. The maximum absolute atomic E-state index is 12.2. The van der Waals surface area contributed by atoms with E-state index in [1.165, 1.54) is 10.7 Å². The van der Waals surface area contributed by atoms with Gasteiger partial charge in [-0.1, -0.05) is 6.07 Å². The first-order chi connectivity index (χ1) is 12.5. The summed E-state index contributed by atoms with van der Waals surface area (Å²) in [6.45, 7) is 2.40. The van der Waals surface area contributed by atoms with Gasteiger partial charge in [0, 0.05) is 19.7 Å². The topological polar surface area (TPSA) is 91.7 Å². The van der Waals surface area contributed by atoms with Crippen molar-refractivity contribution in [1.29, 1.82) is 0 Å². The first kappa shape index (κ1) is 19.3. The Labute approximate surface area is 152 Å². The highest BCUT2D eigenvalue weighted by Gasteiger charge is 2.18. The Bertz CT molecular complexity index is 785. The van der Waals surface area contributed by atoms with Gasteiger partial charge in [0.25, 0.3) is 5.91 Å². The van der Waals surface area contributed by atoms with Crippen molar-refractivity contribution in [3.8, 4) is 11.5 Å². The summed E-state index contributed by atoms with van der Waals surface area (Å²) in [6.07, 6.45) is 0.615. The molecule has 140 valence electrons. The number of carbonyl (C=O) groups excluding carboxylic acids is 2. The van der Waals surface area contributed by atoms with Crippen LogP contribution in [0, 0.1) is 0 Å². The Hall–Kier alpha value is -3.03. The number of rotatable bonds is 8. The monoisotopic (exact) mass is 361 g/mol. The highest BCUT2D eigenvalue weighted by molar-refractivity contribution is 5.96. The summed E-state index contributed by atoms with van der Waals surface area (Å²) >= 11 is 0. The van der Waals surface area contributed by atoms with Gasteiger partial charge < -0.3 is 19.5 Å². The third-order valence-electron chi connectivity index (χ3n) is 3.74. The normalized spacial score (nSPS) is 10.3. The summed E-state index contributed by atoms with van der Waals surface area (Å²) in [4.78, 5) is 24.0. The SMILES string of the molecule is CCOC(=O)c1cc(C(=O)NCCc2ccc(OC)c(OC)c2)nn1C. The number of methoxy groups -OCH3 is 2. The van der Waals surface area contributed by atoms with Gasteiger partial charge in [-0.3, -0.25) is 9.48 Å². The summed E-state index contributed by atoms with van der Waals surface area (Å²) in [5.41, 5.74) is 1.40. The molecule has 2 rings (SSSR count). The molecule has 0 bridgehead atoms. The highest BCUT2D eigenvalue weighted by atomic mass is 16.5. The summed E-state index contributed by atoms with van der Waals surface area (Å²) in [6, 6.07) is 7.02. The van der Waals surface area contributed by atoms with E-state index in [2.05, 4.69) is 10.4 Å². The van der Waals surface area contributed by atoms with Gasteiger partial charge in [0.2, 0.25) is 0 Å². The Balaban J connectivity index is 1.95. The molecule has 8 heteroatoms. The van der Waals surface area contributed by atoms with Gasteiger partial charge in [-0.2, -0.15) is 5.10 Å². The van der Waals surface area contributed by atoms with E-state index < -0.39 is 5.97 Å². The molecule has 0 fully saturated rings. The Morgan fingerprint density at radius 3 is 2.54 bits per heavy atom. The van der Waals surface area contributed by atoms with Gasteiger partial charge in [0.1, 0.15) is 5.69 Å². The summed E-state index contributed by atoms with van der Waals surface area (Å²) in [5, 5.41) is 6.84. The van der Waals surface area contributed by atoms with Gasteiger partial charge in [0.15, 0.2) is 17.2 Å². The molecule has 0 aliphatic heterocycles. The second-order valence-electron chi connectivity index (χ2n) is 5.45. The zero-order valence-electron chi connectivity index (χ0n) is 15.4. The molecular weight excluding hydrogens is 338 g/mol. The molecule has 8 nitrogen and oxygen atoms in total. The van der Waals surface area contributed by atoms with E-state index in [4.69, 9.17) is 14.2 Å². The molecule has 0 radical (unpaired) electrons. The number of nitrogens with one attached hydrogen (secondary N) is 1. The fourth-order valence-electron chi connectivity index (χ4n) is 2.42. The number of hydrogen-bond acceptors (Lipinski definition) is 6. The lowest BCUT2D eigenvalue weighted by Crippen LogP contribution is -2.26. The molecule has 1 aromatic carbocycles. The Morgan fingerprint density at radius 1 is 1.15 bits per heavy atom. The van der Waals surface area contributed by atoms with Gasteiger partial charge in [0.05, 0.1) is 20.8 Å². The lowest BCUT2D eigenvalue weighted by Gasteiger charge is -2.09. The zero-order chi connectivity index (χ0) is 19.1. The van der Waals surface area contributed by atoms with Gasteiger partial charge in [-0.25, -0.2) is 4.79 Å². The molecule has 0 aliphatic rings. The number of benzene rings is 1. The van der Waals surface area contributed by atoms with Gasteiger partial charge >= 0.3 is 5.97 Å². The van der Waals surface area contributed by atoms with Crippen LogP contribution in [0.2, 0.25) is 0 Å². The van der Waals surface area contributed by atoms with Crippen LogP contribution in [0.5, 0.6) is 11.5 Å². The predicted molar refractivity (Wildman–Crippen MR) is 94.7 cm³/mol. The number of aromatic nitrogens is 2. The molecule has 26 heavy (non-hydrogen) atoms. The number of esters is 1. The minimum Gasteiger partial charge on any atom is -0.493 e. The van der Waals surface area contributed by atoms with Crippen LogP contribution < -0.4 is 14.8 Å². The quantitative estimate of drug-likeness (QED) is 0.718. The number of aryl methyl sites for hydroxylation is 1. The van der Waals surface area contributed by atoms with Crippen molar-refractivity contribution in [3.05, 3.63) is 41.2 Å². The van der Waals surface area contributed by atoms with E-state index in [0.29, 0.717) is 24.5 Å². The average molecular weight is 361 g/mol. The van der Waals surface area contributed by atoms with Crippen LogP contribution in [-0.2, 0) is 18.2 Å². The fraction of sp³-hybridized carbons (Fsp3) is 0.389. The van der Waals surface area contributed by atoms with Gasteiger partial charge in [-0.05, 0) is 31.0 Å². The maximum Gasteiger partial charge on any atom is 0.356 e. The standard InChI is InChI=1S/C18H23N3O5/c1-5-26-18(23)14-11-13(20-21(14)2)17(22)19-9-8-12-6-7-15(24-3)16(10-12)25-4/h6-7,10-11H,5,8-9H2,1-4H3,(H,19,22). The van der Waals surface area contributed by atoms with E-state index in [1.807, 2.05) is 18.2 Å². The van der Waals surface area contributed by atoms with Crippen molar-refractivity contribution in [2.45, 2.75) is 13.3 Å². The third-order valence-corrected chi connectivity index (χ3v) is 3.74. The lowest BCUT2D eigenvalue weighted by atomic mass is 10.1. The molecule has 2 aromatic rings. The van der Waals surface area contributed by atoms with E-state index in [9.17, 15) is 9.59 Å². The van der Waals surface area contributed by atoms with E-state index in [1.54, 1.807) is 28.2 Å². The second kappa shape index (κ2) is 8.89. The molecule has 1 amide bonds. The zero-order valence-corrected chi connectivity index (χ0v) is 15.4. The first-order valence-electron chi connectivity index (χ1n) is 8.20. The third kappa shape index (κ3) is 4.53. The molecule has 0 unspecified atom stereocenters. The minimum atomic E-state index is -0.508. The van der Waals surface area contributed by atoms with Crippen LogP contribution >= 0.6 is 0 Å². The van der Waals surface area contributed by atoms with E-state index >= 15 is 0 Å². The molecule has 0 spiro atoms. The van der Waals surface area contributed by atoms with Crippen LogP contribution in [-0.4, -0.2) is 49.0 Å². The number of nitrogens with zero attached hydrogens (tertiary/aromatic N) is 2. The van der Waals surface area contributed by atoms with Crippen molar-refractivity contribution < 1.29 is 23.8 Å². The molecule has 1 heterocycles. The van der Waals surface area contributed by atoms with Crippen LogP contribution in [0.1, 0.15) is 33.5 Å². The van der Waals surface area contributed by atoms with Crippen LogP contribution in [0.25, 0.3) is 0 Å². The van der Waals surface area contributed by atoms with Crippen LogP contribution in [0.4, 0.5) is 0 Å². The van der Waals surface area contributed by atoms with Crippen molar-refractivity contribution in [2.24, 2.45) is 7.05 Å². The Kier molecular flexibility index (Phi) is 6.60.